The smallest absolute Gasteiger partial charge is 0.176 e. The molecule has 0 saturated heterocycles. The van der Waals surface area contributed by atoms with Crippen LogP contribution < -0.4 is 25.4 Å². The minimum atomic E-state index is 0.0552. The van der Waals surface area contributed by atoms with Crippen LogP contribution in [-0.4, -0.2) is 88.0 Å². The van der Waals surface area contributed by atoms with E-state index in [2.05, 4.69) is 20.9 Å². The van der Waals surface area contributed by atoms with E-state index in [4.69, 9.17) is 21.7 Å². The van der Waals surface area contributed by atoms with E-state index in [-0.39, 0.29) is 24.7 Å². The highest BCUT2D eigenvalue weighted by Gasteiger charge is 2.50. The van der Waals surface area contributed by atoms with Crippen molar-refractivity contribution in [3.05, 3.63) is 59.7 Å². The number of rotatable bonds is 19. The number of carbonyl (C=O) groups excluding carboxylic acids is 2. The van der Waals surface area contributed by atoms with Crippen molar-refractivity contribution in [2.24, 2.45) is 23.2 Å². The van der Waals surface area contributed by atoms with Crippen molar-refractivity contribution in [2.75, 3.05) is 66.6 Å². The Labute approximate surface area is 274 Å². The minimum Gasteiger partial charge on any atom is -0.497 e. The van der Waals surface area contributed by atoms with E-state index in [1.54, 1.807) is 38.5 Å². The van der Waals surface area contributed by atoms with Crippen LogP contribution in [0.5, 0.6) is 11.5 Å². The monoisotopic (exact) mass is 634 g/mol. The van der Waals surface area contributed by atoms with Crippen LogP contribution in [0, 0.1) is 23.2 Å². The molecule has 4 bridgehead atoms. The maximum absolute atomic E-state index is 12.6. The van der Waals surface area contributed by atoms with E-state index in [9.17, 15) is 9.59 Å². The Balaban J connectivity index is 1.06. The SMILES string of the molecule is COc1ccc(C(=O)CNCCN(CCNCC(=O)c2ccc(OC)cc2)CCNC(=S)CC23CC4CC(CC(C4)C2)C3)cc1. The molecule has 4 fully saturated rings. The van der Waals surface area contributed by atoms with Crippen LogP contribution in [-0.2, 0) is 0 Å². The van der Waals surface area contributed by atoms with E-state index in [1.807, 2.05) is 24.3 Å². The van der Waals surface area contributed by atoms with Crippen molar-refractivity contribution < 1.29 is 19.1 Å². The summed E-state index contributed by atoms with van der Waals surface area (Å²) in [6.07, 6.45) is 9.50. The zero-order valence-corrected chi connectivity index (χ0v) is 27.8. The average Bonchev–Trinajstić information content (AvgIpc) is 3.03. The van der Waals surface area contributed by atoms with Gasteiger partial charge in [-0.2, -0.15) is 0 Å². The van der Waals surface area contributed by atoms with Gasteiger partial charge in [-0.15, -0.1) is 0 Å². The number of benzene rings is 2. The number of methoxy groups -OCH3 is 2. The van der Waals surface area contributed by atoms with E-state index in [1.165, 1.54) is 38.5 Å². The van der Waals surface area contributed by atoms with Gasteiger partial charge < -0.3 is 25.4 Å². The second-order valence-electron chi connectivity index (χ2n) is 13.4. The molecule has 0 atom stereocenters. The zero-order chi connectivity index (χ0) is 31.6. The lowest BCUT2D eigenvalue weighted by Gasteiger charge is -2.57. The van der Waals surface area contributed by atoms with Gasteiger partial charge in [0.2, 0.25) is 0 Å². The highest BCUT2D eigenvalue weighted by Crippen LogP contribution is 2.61. The first kappa shape index (κ1) is 33.5. The average molecular weight is 635 g/mol. The third-order valence-electron chi connectivity index (χ3n) is 10.1. The van der Waals surface area contributed by atoms with Gasteiger partial charge in [0.25, 0.3) is 0 Å². The molecule has 2 aromatic carbocycles. The van der Waals surface area contributed by atoms with Crippen molar-refractivity contribution in [3.63, 3.8) is 0 Å². The predicted molar refractivity (Wildman–Crippen MR) is 183 cm³/mol. The summed E-state index contributed by atoms with van der Waals surface area (Å²) in [5.74, 6) is 4.38. The lowest BCUT2D eigenvalue weighted by atomic mass is 9.49. The summed E-state index contributed by atoms with van der Waals surface area (Å²) in [6, 6.07) is 14.4. The number of ether oxygens (including phenoxy) is 2. The molecular weight excluding hydrogens is 584 g/mol. The number of carbonyl (C=O) groups is 2. The summed E-state index contributed by atoms with van der Waals surface area (Å²) in [7, 11) is 3.23. The van der Waals surface area contributed by atoms with E-state index >= 15 is 0 Å². The molecule has 244 valence electrons. The Hall–Kier alpha value is -2.85. The van der Waals surface area contributed by atoms with Gasteiger partial charge in [-0.3, -0.25) is 14.5 Å². The Kier molecular flexibility index (Phi) is 12.0. The number of hydrogen-bond donors (Lipinski definition) is 3. The number of Topliss-reactive ketones (excluding diaryl/α,β-unsaturated/α-hetero) is 2. The normalized spacial score (nSPS) is 23.2. The topological polar surface area (TPSA) is 91.9 Å². The summed E-state index contributed by atoms with van der Waals surface area (Å²) in [5.41, 5.74) is 1.78. The minimum absolute atomic E-state index is 0.0552. The van der Waals surface area contributed by atoms with Crippen LogP contribution in [0.15, 0.2) is 48.5 Å². The summed E-state index contributed by atoms with van der Waals surface area (Å²) >= 11 is 5.89. The molecule has 4 saturated carbocycles. The predicted octanol–water partition coefficient (Wildman–Crippen LogP) is 4.77. The number of thiocarbonyl (C=S) groups is 1. The molecule has 6 rings (SSSR count). The van der Waals surface area contributed by atoms with Crippen molar-refractivity contribution in [3.8, 4) is 11.5 Å². The molecule has 4 aliphatic rings. The molecule has 9 heteroatoms. The van der Waals surface area contributed by atoms with Gasteiger partial charge in [0.05, 0.1) is 32.3 Å². The zero-order valence-electron chi connectivity index (χ0n) is 26.9. The largest absolute Gasteiger partial charge is 0.497 e. The lowest BCUT2D eigenvalue weighted by Crippen LogP contribution is -2.48. The molecule has 0 aliphatic heterocycles. The Morgan fingerprint density at radius 2 is 1.16 bits per heavy atom. The van der Waals surface area contributed by atoms with E-state index < -0.39 is 0 Å². The Bertz CT molecular complexity index is 1180. The summed E-state index contributed by atoms with van der Waals surface area (Å²) in [5, 5.41) is 10.2. The molecule has 0 heterocycles. The molecule has 0 aromatic heterocycles. The molecule has 0 radical (unpaired) electrons. The van der Waals surface area contributed by atoms with Gasteiger partial charge in [-0.1, -0.05) is 12.2 Å². The van der Waals surface area contributed by atoms with Crippen molar-refractivity contribution in [2.45, 2.75) is 44.9 Å². The highest BCUT2D eigenvalue weighted by atomic mass is 32.1. The fourth-order valence-corrected chi connectivity index (χ4v) is 8.64. The van der Waals surface area contributed by atoms with Crippen LogP contribution in [0.2, 0.25) is 0 Å². The molecule has 0 unspecified atom stereocenters. The first-order chi connectivity index (χ1) is 21.8. The first-order valence-corrected chi connectivity index (χ1v) is 17.0. The van der Waals surface area contributed by atoms with Gasteiger partial charge in [0.1, 0.15) is 11.5 Å². The van der Waals surface area contributed by atoms with Gasteiger partial charge >= 0.3 is 0 Å². The van der Waals surface area contributed by atoms with Crippen molar-refractivity contribution in [1.82, 2.24) is 20.9 Å². The number of nitrogens with one attached hydrogen (secondary N) is 3. The number of ketones is 2. The molecule has 0 spiro atoms. The molecule has 4 aliphatic carbocycles. The maximum Gasteiger partial charge on any atom is 0.176 e. The quantitative estimate of drug-likeness (QED) is 0.115. The molecule has 2 aromatic rings. The van der Waals surface area contributed by atoms with E-state index in [0.29, 0.717) is 29.6 Å². The highest BCUT2D eigenvalue weighted by molar-refractivity contribution is 7.80. The fourth-order valence-electron chi connectivity index (χ4n) is 8.23. The first-order valence-electron chi connectivity index (χ1n) is 16.6. The van der Waals surface area contributed by atoms with Gasteiger partial charge in [0, 0.05) is 56.8 Å². The fraction of sp³-hybridized carbons (Fsp3) is 0.583. The number of hydrogen-bond acceptors (Lipinski definition) is 8. The number of nitrogens with zero attached hydrogens (tertiary/aromatic N) is 1. The van der Waals surface area contributed by atoms with Gasteiger partial charge in [-0.25, -0.2) is 0 Å². The summed E-state index contributed by atoms with van der Waals surface area (Å²) in [4.78, 5) is 28.6. The third kappa shape index (κ3) is 9.58. The van der Waals surface area contributed by atoms with Gasteiger partial charge in [-0.05, 0) is 110 Å². The third-order valence-corrected chi connectivity index (χ3v) is 10.3. The Morgan fingerprint density at radius 1 is 0.733 bits per heavy atom. The molecule has 0 amide bonds. The Morgan fingerprint density at radius 3 is 1.58 bits per heavy atom. The van der Waals surface area contributed by atoms with Crippen molar-refractivity contribution >= 4 is 28.8 Å². The lowest BCUT2D eigenvalue weighted by molar-refractivity contribution is -0.0482. The molecule has 3 N–H and O–H groups in total. The standard InChI is InChI=1S/C36H50N4O4S/c1-43-31-7-3-29(4-8-31)33(41)24-37-11-14-40(15-12-38-25-34(42)30-5-9-32(44-2)10-6-30)16-13-39-35(45)23-36-20-26-17-27(21-36)19-28(18-26)22-36/h3-10,26-28,37-38H,11-25H2,1-2H3,(H,39,45). The molecular formula is C36H50N4O4S. The molecule has 8 nitrogen and oxygen atoms in total. The van der Waals surface area contributed by atoms with Gasteiger partial charge in [0.15, 0.2) is 11.6 Å². The second-order valence-corrected chi connectivity index (χ2v) is 13.9. The molecule has 45 heavy (non-hydrogen) atoms. The van der Waals surface area contributed by atoms with Crippen LogP contribution in [0.4, 0.5) is 0 Å². The second kappa shape index (κ2) is 16.1. The summed E-state index contributed by atoms with van der Waals surface area (Å²) < 4.78 is 10.4. The maximum atomic E-state index is 12.6. The summed E-state index contributed by atoms with van der Waals surface area (Å²) in [6.45, 7) is 5.13. The van der Waals surface area contributed by atoms with E-state index in [0.717, 1.165) is 66.8 Å². The van der Waals surface area contributed by atoms with Crippen LogP contribution in [0.1, 0.15) is 65.7 Å². The van der Waals surface area contributed by atoms with Crippen LogP contribution >= 0.6 is 12.2 Å². The van der Waals surface area contributed by atoms with Crippen LogP contribution in [0.25, 0.3) is 0 Å². The van der Waals surface area contributed by atoms with Crippen LogP contribution in [0.3, 0.4) is 0 Å². The van der Waals surface area contributed by atoms with Crippen molar-refractivity contribution in [1.29, 1.82) is 0 Å².